The van der Waals surface area contributed by atoms with Crippen LogP contribution in [-0.2, 0) is 6.42 Å². The summed E-state index contributed by atoms with van der Waals surface area (Å²) >= 11 is 0. The molecule has 2 aliphatic rings. The molecule has 5 rings (SSSR count). The van der Waals surface area contributed by atoms with Crippen molar-refractivity contribution in [1.29, 1.82) is 5.41 Å². The summed E-state index contributed by atoms with van der Waals surface area (Å²) in [7, 11) is 0. The first-order valence-corrected chi connectivity index (χ1v) is 10.5. The average Bonchev–Trinajstić information content (AvgIpc) is 3.16. The number of allylic oxidation sites excluding steroid dienone is 6. The highest BCUT2D eigenvalue weighted by Gasteiger charge is 2.26. The van der Waals surface area contributed by atoms with Gasteiger partial charge in [-0.25, -0.2) is 4.99 Å². The predicted octanol–water partition coefficient (Wildman–Crippen LogP) is 6.81. The molecule has 0 spiro atoms. The normalized spacial score (nSPS) is 16.2. The van der Waals surface area contributed by atoms with Crippen LogP contribution >= 0.6 is 0 Å². The van der Waals surface area contributed by atoms with Crippen molar-refractivity contribution >= 4 is 28.1 Å². The van der Waals surface area contributed by atoms with Gasteiger partial charge in [-0.3, -0.25) is 5.41 Å². The van der Waals surface area contributed by atoms with Crippen LogP contribution in [0.5, 0.6) is 0 Å². The van der Waals surface area contributed by atoms with Gasteiger partial charge in [0.05, 0.1) is 5.71 Å². The van der Waals surface area contributed by atoms with Crippen molar-refractivity contribution in [3.8, 4) is 0 Å². The number of benzene rings is 2. The molecular weight excluding hydrogens is 368 g/mol. The van der Waals surface area contributed by atoms with Crippen LogP contribution < -0.4 is 0 Å². The highest BCUT2D eigenvalue weighted by atomic mass is 16.3. The van der Waals surface area contributed by atoms with Crippen LogP contribution in [0.3, 0.4) is 0 Å². The Morgan fingerprint density at radius 1 is 1.00 bits per heavy atom. The number of hydrogen-bond acceptors (Lipinski definition) is 2. The van der Waals surface area contributed by atoms with Gasteiger partial charge in [0.25, 0.3) is 0 Å². The monoisotopic (exact) mass is 392 g/mol. The zero-order valence-corrected chi connectivity index (χ0v) is 17.1. The summed E-state index contributed by atoms with van der Waals surface area (Å²) in [5, 5.41) is 9.79. The maximum atomic E-state index is 8.65. The number of aliphatic imine (C=N–C) groups is 1. The van der Waals surface area contributed by atoms with Crippen LogP contribution in [-0.4, -0.2) is 11.5 Å². The van der Waals surface area contributed by atoms with Crippen LogP contribution in [0.25, 0.3) is 16.5 Å². The fraction of sp³-hybridized carbons (Fsp3) is 0.185. The second kappa shape index (κ2) is 7.75. The number of furan rings is 1. The van der Waals surface area contributed by atoms with E-state index in [1.807, 2.05) is 30.3 Å². The molecule has 3 nitrogen and oxygen atoms in total. The van der Waals surface area contributed by atoms with E-state index in [4.69, 9.17) is 14.8 Å². The molecule has 0 unspecified atom stereocenters. The summed E-state index contributed by atoms with van der Waals surface area (Å²) in [4.78, 5) is 4.87. The van der Waals surface area contributed by atoms with E-state index in [-0.39, 0.29) is 5.84 Å². The van der Waals surface area contributed by atoms with Crippen LogP contribution in [0.2, 0.25) is 0 Å². The molecule has 2 aliphatic carbocycles. The van der Waals surface area contributed by atoms with E-state index >= 15 is 0 Å². The Hall–Kier alpha value is -3.46. The first-order chi connectivity index (χ1) is 14.7. The lowest BCUT2D eigenvalue weighted by molar-refractivity contribution is 0.546. The quantitative estimate of drug-likeness (QED) is 0.386. The minimum atomic E-state index is 0.280. The predicted molar refractivity (Wildman–Crippen MR) is 124 cm³/mol. The summed E-state index contributed by atoms with van der Waals surface area (Å²) in [5.41, 5.74) is 7.12. The summed E-state index contributed by atoms with van der Waals surface area (Å²) in [6, 6.07) is 16.1. The average molecular weight is 393 g/mol. The van der Waals surface area contributed by atoms with Crippen molar-refractivity contribution in [1.82, 2.24) is 0 Å². The molecular formula is C27H24N2O. The van der Waals surface area contributed by atoms with Gasteiger partial charge in [-0.2, -0.15) is 0 Å². The van der Waals surface area contributed by atoms with E-state index in [1.54, 1.807) is 0 Å². The fourth-order valence-electron chi connectivity index (χ4n) is 4.24. The Morgan fingerprint density at radius 3 is 2.67 bits per heavy atom. The Labute approximate surface area is 176 Å². The third kappa shape index (κ3) is 3.37. The third-order valence-electron chi connectivity index (χ3n) is 5.70. The van der Waals surface area contributed by atoms with Gasteiger partial charge in [0.1, 0.15) is 11.3 Å². The highest BCUT2D eigenvalue weighted by molar-refractivity contribution is 6.37. The van der Waals surface area contributed by atoms with E-state index in [9.17, 15) is 0 Å². The zero-order chi connectivity index (χ0) is 20.5. The van der Waals surface area contributed by atoms with Crippen LogP contribution in [0.1, 0.15) is 41.7 Å². The first-order valence-electron chi connectivity index (χ1n) is 10.5. The van der Waals surface area contributed by atoms with Crippen LogP contribution in [0.4, 0.5) is 0 Å². The smallest absolute Gasteiger partial charge is 0.152 e. The standard InChI is InChI=1S/C27H24N2O/c1-18-15-16-23-22(17-18)25-21(13-8-14-24(25)30-23)26(19-9-4-2-5-10-19)29-27(28)20-11-6-3-7-12-20/h3-4,6-7,9-13,15-17,28H,2,5,8,14H2,1H3. The van der Waals surface area contributed by atoms with E-state index in [1.165, 1.54) is 5.56 Å². The van der Waals surface area contributed by atoms with Gasteiger partial charge in [0.15, 0.2) is 5.84 Å². The number of nitrogens with zero attached hydrogens (tertiary/aromatic N) is 1. The number of amidine groups is 1. The molecule has 1 N–H and O–H groups in total. The first kappa shape index (κ1) is 18.6. The van der Waals surface area contributed by atoms with Crippen molar-refractivity contribution in [2.24, 2.45) is 4.99 Å². The van der Waals surface area contributed by atoms with Crippen molar-refractivity contribution in [3.63, 3.8) is 0 Å². The SMILES string of the molecule is Cc1ccc2oc3c(c2c1)C(C(=NC(=N)c1ccccc1)C1=CCCC=C1)=CCC3. The van der Waals surface area contributed by atoms with Crippen LogP contribution in [0, 0.1) is 12.3 Å². The lowest BCUT2D eigenvalue weighted by Gasteiger charge is -2.18. The summed E-state index contributed by atoms with van der Waals surface area (Å²) < 4.78 is 6.22. The van der Waals surface area contributed by atoms with Crippen molar-refractivity contribution in [2.45, 2.75) is 32.6 Å². The Bertz CT molecular complexity index is 1250. The van der Waals surface area contributed by atoms with Gasteiger partial charge < -0.3 is 4.42 Å². The summed E-state index contributed by atoms with van der Waals surface area (Å²) in [5.74, 6) is 1.30. The second-order valence-corrected chi connectivity index (χ2v) is 7.87. The molecule has 0 amide bonds. The number of aryl methyl sites for hydroxylation is 2. The van der Waals surface area contributed by atoms with E-state index in [0.717, 1.165) is 70.4 Å². The van der Waals surface area contributed by atoms with Crippen LogP contribution in [0.15, 0.2) is 87.8 Å². The molecule has 1 aromatic heterocycles. The Morgan fingerprint density at radius 2 is 1.87 bits per heavy atom. The van der Waals surface area contributed by atoms with Gasteiger partial charge in [-0.1, -0.05) is 66.3 Å². The van der Waals surface area contributed by atoms with Gasteiger partial charge >= 0.3 is 0 Å². The van der Waals surface area contributed by atoms with E-state index in [0.29, 0.717) is 0 Å². The molecule has 0 saturated carbocycles. The number of nitrogens with one attached hydrogen (secondary N) is 1. The van der Waals surface area contributed by atoms with Gasteiger partial charge in [0.2, 0.25) is 0 Å². The molecule has 3 aromatic rings. The molecule has 0 fully saturated rings. The molecule has 0 radical (unpaired) electrons. The molecule has 0 saturated heterocycles. The molecule has 0 aliphatic heterocycles. The largest absolute Gasteiger partial charge is 0.460 e. The molecule has 3 heteroatoms. The maximum absolute atomic E-state index is 8.65. The third-order valence-corrected chi connectivity index (χ3v) is 5.70. The Balaban J connectivity index is 1.69. The fourth-order valence-corrected chi connectivity index (χ4v) is 4.24. The molecule has 0 bridgehead atoms. The zero-order valence-electron chi connectivity index (χ0n) is 17.1. The van der Waals surface area contributed by atoms with Gasteiger partial charge in [-0.15, -0.1) is 0 Å². The van der Waals surface area contributed by atoms with E-state index in [2.05, 4.69) is 49.4 Å². The summed E-state index contributed by atoms with van der Waals surface area (Å²) in [6.45, 7) is 2.11. The lowest BCUT2D eigenvalue weighted by Crippen LogP contribution is -2.13. The van der Waals surface area contributed by atoms with Crippen molar-refractivity contribution in [2.75, 3.05) is 0 Å². The number of fused-ring (bicyclic) bond motifs is 3. The molecule has 148 valence electrons. The summed E-state index contributed by atoms with van der Waals surface area (Å²) in [6.07, 6.45) is 12.7. The second-order valence-electron chi connectivity index (χ2n) is 7.87. The highest BCUT2D eigenvalue weighted by Crippen LogP contribution is 2.38. The topological polar surface area (TPSA) is 49.4 Å². The van der Waals surface area contributed by atoms with Gasteiger partial charge in [-0.05, 0) is 43.9 Å². The van der Waals surface area contributed by atoms with Crippen molar-refractivity contribution in [3.05, 3.63) is 101 Å². The van der Waals surface area contributed by atoms with E-state index < -0.39 is 0 Å². The van der Waals surface area contributed by atoms with Gasteiger partial charge in [0, 0.05) is 28.5 Å². The minimum Gasteiger partial charge on any atom is -0.460 e. The molecule has 30 heavy (non-hydrogen) atoms. The van der Waals surface area contributed by atoms with Crippen molar-refractivity contribution < 1.29 is 4.42 Å². The maximum Gasteiger partial charge on any atom is 0.152 e. The molecule has 2 aromatic carbocycles. The minimum absolute atomic E-state index is 0.280. The lowest BCUT2D eigenvalue weighted by atomic mass is 9.86. The number of rotatable bonds is 3. The Kier molecular flexibility index (Phi) is 4.80. The number of hydrogen-bond donors (Lipinski definition) is 1. The molecule has 1 heterocycles. The molecule has 0 atom stereocenters.